The minimum Gasteiger partial charge on any atom is -0.486 e. The molecule has 0 aliphatic heterocycles. The van der Waals surface area contributed by atoms with Crippen LogP contribution in [0.5, 0.6) is 5.75 Å². The van der Waals surface area contributed by atoms with E-state index in [2.05, 4.69) is 20.5 Å². The molecule has 136 valence electrons. The standard InChI is InChI=1S/C16H16ClN5O2S2/c1-10(14(23)19-15-18-7-8-25-15)26-16-21-20-13(22(16)2)9-24-12-5-3-11(17)4-6-12/h3-8,10H,9H2,1-2H3,(H,18,19,23)/t10-/m0/s1. The lowest BCUT2D eigenvalue weighted by atomic mass is 10.3. The number of aromatic nitrogens is 4. The Morgan fingerprint density at radius 3 is 2.85 bits per heavy atom. The highest BCUT2D eigenvalue weighted by molar-refractivity contribution is 8.00. The molecule has 0 unspecified atom stereocenters. The van der Waals surface area contributed by atoms with Crippen LogP contribution in [0.25, 0.3) is 0 Å². The molecule has 1 amide bonds. The molecule has 26 heavy (non-hydrogen) atoms. The summed E-state index contributed by atoms with van der Waals surface area (Å²) in [5.74, 6) is 1.23. The van der Waals surface area contributed by atoms with E-state index in [-0.39, 0.29) is 17.8 Å². The number of hydrogen-bond donors (Lipinski definition) is 1. The molecule has 2 heterocycles. The van der Waals surface area contributed by atoms with Crippen molar-refractivity contribution in [3.8, 4) is 5.75 Å². The number of anilines is 1. The number of thioether (sulfide) groups is 1. The molecule has 0 bridgehead atoms. The van der Waals surface area contributed by atoms with Crippen LogP contribution >= 0.6 is 34.7 Å². The van der Waals surface area contributed by atoms with E-state index in [0.717, 1.165) is 0 Å². The van der Waals surface area contributed by atoms with E-state index in [9.17, 15) is 4.79 Å². The molecule has 0 fully saturated rings. The quantitative estimate of drug-likeness (QED) is 0.600. The fourth-order valence-corrected chi connectivity index (χ4v) is 3.45. The summed E-state index contributed by atoms with van der Waals surface area (Å²) in [6.07, 6.45) is 1.65. The Morgan fingerprint density at radius 1 is 1.38 bits per heavy atom. The summed E-state index contributed by atoms with van der Waals surface area (Å²) in [6.45, 7) is 2.08. The second-order valence-electron chi connectivity index (χ2n) is 5.29. The zero-order valence-corrected chi connectivity index (χ0v) is 16.4. The van der Waals surface area contributed by atoms with E-state index < -0.39 is 0 Å². The zero-order chi connectivity index (χ0) is 18.5. The molecule has 3 aromatic rings. The van der Waals surface area contributed by atoms with Gasteiger partial charge in [0, 0.05) is 23.6 Å². The molecule has 1 aromatic carbocycles. The molecule has 1 atom stereocenters. The van der Waals surface area contributed by atoms with Gasteiger partial charge >= 0.3 is 0 Å². The van der Waals surface area contributed by atoms with Crippen molar-refractivity contribution in [1.29, 1.82) is 0 Å². The first kappa shape index (κ1) is 18.7. The van der Waals surface area contributed by atoms with Gasteiger partial charge in [0.05, 0.1) is 5.25 Å². The van der Waals surface area contributed by atoms with Crippen LogP contribution in [0.4, 0.5) is 5.13 Å². The fourth-order valence-electron chi connectivity index (χ4n) is 1.96. The Balaban J connectivity index is 1.57. The molecule has 0 saturated carbocycles. The Hall–Kier alpha value is -2.10. The number of nitrogens with one attached hydrogen (secondary N) is 1. The molecule has 10 heteroatoms. The number of thiazole rings is 1. The molecule has 1 N–H and O–H groups in total. The van der Waals surface area contributed by atoms with Crippen molar-refractivity contribution in [3.05, 3.63) is 46.7 Å². The lowest BCUT2D eigenvalue weighted by Gasteiger charge is -2.10. The highest BCUT2D eigenvalue weighted by atomic mass is 35.5. The summed E-state index contributed by atoms with van der Waals surface area (Å²) >= 11 is 8.56. The van der Waals surface area contributed by atoms with Gasteiger partial charge < -0.3 is 14.6 Å². The summed E-state index contributed by atoms with van der Waals surface area (Å²) in [5, 5.41) is 14.4. The molecule has 0 aliphatic carbocycles. The molecule has 7 nitrogen and oxygen atoms in total. The van der Waals surface area contributed by atoms with E-state index >= 15 is 0 Å². The third kappa shape index (κ3) is 4.75. The average molecular weight is 410 g/mol. The molecule has 0 aliphatic rings. The van der Waals surface area contributed by atoms with Crippen LogP contribution in [0.2, 0.25) is 5.02 Å². The predicted octanol–water partition coefficient (Wildman–Crippen LogP) is 3.62. The molecule has 0 radical (unpaired) electrons. The summed E-state index contributed by atoms with van der Waals surface area (Å²) < 4.78 is 7.50. The van der Waals surface area contributed by atoms with E-state index in [0.29, 0.717) is 26.9 Å². The average Bonchev–Trinajstić information content (AvgIpc) is 3.25. The monoisotopic (exact) mass is 409 g/mol. The molecule has 3 rings (SSSR count). The van der Waals surface area contributed by atoms with Crippen molar-refractivity contribution in [3.63, 3.8) is 0 Å². The van der Waals surface area contributed by atoms with E-state index in [1.807, 2.05) is 23.9 Å². The molecule has 0 saturated heterocycles. The van der Waals surface area contributed by atoms with Crippen molar-refractivity contribution in [2.75, 3.05) is 5.32 Å². The maximum Gasteiger partial charge on any atom is 0.239 e. The van der Waals surface area contributed by atoms with Gasteiger partial charge in [-0.05, 0) is 31.2 Å². The van der Waals surface area contributed by atoms with Crippen LogP contribution in [0.15, 0.2) is 41.0 Å². The lowest BCUT2D eigenvalue weighted by molar-refractivity contribution is -0.115. The maximum absolute atomic E-state index is 12.2. The Kier molecular flexibility index (Phi) is 6.12. The van der Waals surface area contributed by atoms with Gasteiger partial charge in [-0.2, -0.15) is 0 Å². The van der Waals surface area contributed by atoms with E-state index in [1.165, 1.54) is 23.1 Å². The van der Waals surface area contributed by atoms with Crippen LogP contribution in [-0.2, 0) is 18.4 Å². The molecular formula is C16H16ClN5O2S2. The Labute approximate surface area is 163 Å². The summed E-state index contributed by atoms with van der Waals surface area (Å²) in [5.41, 5.74) is 0. The highest BCUT2D eigenvalue weighted by Crippen LogP contribution is 2.24. The van der Waals surface area contributed by atoms with Gasteiger partial charge in [-0.25, -0.2) is 4.98 Å². The van der Waals surface area contributed by atoms with E-state index in [4.69, 9.17) is 16.3 Å². The predicted molar refractivity (Wildman–Crippen MR) is 103 cm³/mol. The Morgan fingerprint density at radius 2 is 2.15 bits per heavy atom. The maximum atomic E-state index is 12.2. The number of ether oxygens (including phenoxy) is 1. The topological polar surface area (TPSA) is 81.9 Å². The van der Waals surface area contributed by atoms with Crippen LogP contribution in [0, 0.1) is 0 Å². The van der Waals surface area contributed by atoms with Crippen LogP contribution in [0.1, 0.15) is 12.7 Å². The minimum absolute atomic E-state index is 0.132. The first-order valence-corrected chi connectivity index (χ1v) is 9.80. The van der Waals surface area contributed by atoms with Crippen LogP contribution < -0.4 is 10.1 Å². The van der Waals surface area contributed by atoms with Gasteiger partial charge in [-0.1, -0.05) is 23.4 Å². The van der Waals surface area contributed by atoms with Crippen molar-refractivity contribution < 1.29 is 9.53 Å². The first-order valence-electron chi connectivity index (χ1n) is 7.66. The van der Waals surface area contributed by atoms with Gasteiger partial charge in [0.2, 0.25) is 5.91 Å². The first-order chi connectivity index (χ1) is 12.5. The largest absolute Gasteiger partial charge is 0.486 e. The normalized spacial score (nSPS) is 12.0. The molecular weight excluding hydrogens is 394 g/mol. The SMILES string of the molecule is C[C@H](Sc1nnc(COc2ccc(Cl)cc2)n1C)C(=O)Nc1nccs1. The number of hydrogen-bond acceptors (Lipinski definition) is 7. The lowest BCUT2D eigenvalue weighted by Crippen LogP contribution is -2.22. The summed E-state index contributed by atoms with van der Waals surface area (Å²) in [7, 11) is 1.84. The number of rotatable bonds is 7. The second kappa shape index (κ2) is 8.52. The highest BCUT2D eigenvalue weighted by Gasteiger charge is 2.19. The fraction of sp³-hybridized carbons (Fsp3) is 0.250. The third-order valence-electron chi connectivity index (χ3n) is 3.42. The summed E-state index contributed by atoms with van der Waals surface area (Å²) in [6, 6.07) is 7.11. The number of carbonyl (C=O) groups excluding carboxylic acids is 1. The number of carbonyl (C=O) groups is 1. The number of nitrogens with zero attached hydrogens (tertiary/aromatic N) is 4. The second-order valence-corrected chi connectivity index (χ2v) is 7.93. The smallest absolute Gasteiger partial charge is 0.239 e. The number of amides is 1. The van der Waals surface area contributed by atoms with Gasteiger partial charge in [-0.3, -0.25) is 4.79 Å². The molecule has 2 aromatic heterocycles. The third-order valence-corrected chi connectivity index (χ3v) is 5.49. The zero-order valence-electron chi connectivity index (χ0n) is 14.0. The van der Waals surface area contributed by atoms with Crippen molar-refractivity contribution in [2.45, 2.75) is 23.9 Å². The Bertz CT molecular complexity index is 867. The van der Waals surface area contributed by atoms with Crippen molar-refractivity contribution in [2.24, 2.45) is 7.05 Å². The van der Waals surface area contributed by atoms with Crippen LogP contribution in [-0.4, -0.2) is 30.9 Å². The van der Waals surface area contributed by atoms with Gasteiger partial charge in [0.1, 0.15) is 12.4 Å². The van der Waals surface area contributed by atoms with Crippen molar-refractivity contribution >= 4 is 45.7 Å². The van der Waals surface area contributed by atoms with Gasteiger partial charge in [0.25, 0.3) is 0 Å². The number of benzene rings is 1. The van der Waals surface area contributed by atoms with E-state index in [1.54, 1.807) is 30.5 Å². The molecule has 0 spiro atoms. The van der Waals surface area contributed by atoms with Crippen LogP contribution in [0.3, 0.4) is 0 Å². The number of halogens is 1. The summed E-state index contributed by atoms with van der Waals surface area (Å²) in [4.78, 5) is 16.3. The van der Waals surface area contributed by atoms with Gasteiger partial charge in [0.15, 0.2) is 16.1 Å². The van der Waals surface area contributed by atoms with Crippen molar-refractivity contribution in [1.82, 2.24) is 19.7 Å². The van der Waals surface area contributed by atoms with Gasteiger partial charge in [-0.15, -0.1) is 21.5 Å². The minimum atomic E-state index is -0.341.